The Morgan fingerprint density at radius 2 is 2.35 bits per heavy atom. The molecule has 0 unspecified atom stereocenters. The highest BCUT2D eigenvalue weighted by molar-refractivity contribution is 5.92. The van der Waals surface area contributed by atoms with Gasteiger partial charge < -0.3 is 14.2 Å². The summed E-state index contributed by atoms with van der Waals surface area (Å²) in [5.74, 6) is 2.55. The minimum Gasteiger partial charge on any atom is -0.366 e. The first-order chi connectivity index (χ1) is 11.2. The number of carbonyl (C=O) groups excluding carboxylic acids is 1. The minimum atomic E-state index is -0.306. The first kappa shape index (κ1) is 14.4. The van der Waals surface area contributed by atoms with Crippen molar-refractivity contribution in [2.75, 3.05) is 19.7 Å². The third-order valence-electron chi connectivity index (χ3n) is 4.25. The molecule has 2 aromatic heterocycles. The first-order valence-electron chi connectivity index (χ1n) is 8.03. The Kier molecular flexibility index (Phi) is 3.60. The maximum Gasteiger partial charge on any atom is 0.276 e. The zero-order valence-electron chi connectivity index (χ0n) is 13.0. The van der Waals surface area contributed by atoms with Crippen molar-refractivity contribution in [3.8, 4) is 0 Å². The van der Waals surface area contributed by atoms with E-state index >= 15 is 0 Å². The van der Waals surface area contributed by atoms with Crippen molar-refractivity contribution in [2.45, 2.75) is 38.2 Å². The van der Waals surface area contributed by atoms with Gasteiger partial charge in [0, 0.05) is 24.9 Å². The number of morpholine rings is 1. The predicted octanol–water partition coefficient (Wildman–Crippen LogP) is 1.45. The Balaban J connectivity index is 1.46. The van der Waals surface area contributed by atoms with Crippen LogP contribution in [0.4, 0.5) is 0 Å². The third kappa shape index (κ3) is 2.86. The summed E-state index contributed by atoms with van der Waals surface area (Å²) in [6.45, 7) is 3.42. The fraction of sp³-hybridized carbons (Fsp3) is 0.600. The normalized spacial score (nSPS) is 21.6. The van der Waals surface area contributed by atoms with E-state index in [1.54, 1.807) is 11.0 Å². The lowest BCUT2D eigenvalue weighted by Gasteiger charge is -2.31. The fourth-order valence-electron chi connectivity index (χ4n) is 2.71. The predicted molar refractivity (Wildman–Crippen MR) is 78.8 cm³/mol. The summed E-state index contributed by atoms with van der Waals surface area (Å²) in [6.07, 6.45) is 2.71. The van der Waals surface area contributed by atoms with Crippen LogP contribution in [0.15, 0.2) is 10.6 Å². The second-order valence-electron chi connectivity index (χ2n) is 5.99. The standard InChI is InChI=1S/C15H19N5O3/c1-2-13-16-14(18-17-13)12-8-20(5-6-22-12)15(21)10-7-11(23-19-10)9-3-4-9/h7,9,12H,2-6,8H2,1H3,(H,16,17,18)/t12-/m0/s1. The number of rotatable bonds is 4. The van der Waals surface area contributed by atoms with Crippen molar-refractivity contribution in [3.05, 3.63) is 29.2 Å². The van der Waals surface area contributed by atoms with Crippen molar-refractivity contribution in [1.29, 1.82) is 0 Å². The maximum absolute atomic E-state index is 12.6. The van der Waals surface area contributed by atoms with Gasteiger partial charge >= 0.3 is 0 Å². The van der Waals surface area contributed by atoms with Crippen LogP contribution in [0.25, 0.3) is 0 Å². The molecule has 1 saturated carbocycles. The van der Waals surface area contributed by atoms with Gasteiger partial charge in [0.1, 0.15) is 17.7 Å². The van der Waals surface area contributed by atoms with Crippen molar-refractivity contribution in [3.63, 3.8) is 0 Å². The van der Waals surface area contributed by atoms with E-state index < -0.39 is 0 Å². The molecule has 0 aromatic carbocycles. The average molecular weight is 317 g/mol. The SMILES string of the molecule is CCc1nc([C@@H]2CN(C(=O)c3cc(C4CC4)on3)CCO2)n[nH]1. The van der Waals surface area contributed by atoms with E-state index in [1.165, 1.54) is 0 Å². The molecule has 2 fully saturated rings. The zero-order valence-corrected chi connectivity index (χ0v) is 13.0. The quantitative estimate of drug-likeness (QED) is 0.916. The number of amides is 1. The monoisotopic (exact) mass is 317 g/mol. The number of hydrogen-bond acceptors (Lipinski definition) is 6. The molecule has 0 spiro atoms. The van der Waals surface area contributed by atoms with E-state index in [4.69, 9.17) is 9.26 Å². The van der Waals surface area contributed by atoms with Gasteiger partial charge in [-0.15, -0.1) is 0 Å². The first-order valence-corrected chi connectivity index (χ1v) is 8.03. The minimum absolute atomic E-state index is 0.125. The highest BCUT2D eigenvalue weighted by Crippen LogP contribution is 2.40. The summed E-state index contributed by atoms with van der Waals surface area (Å²) < 4.78 is 11.0. The molecule has 2 aromatic rings. The topological polar surface area (TPSA) is 97.1 Å². The number of aromatic nitrogens is 4. The molecule has 8 nitrogen and oxygen atoms in total. The van der Waals surface area contributed by atoms with E-state index in [1.807, 2.05) is 6.92 Å². The van der Waals surface area contributed by atoms with E-state index in [2.05, 4.69) is 20.3 Å². The summed E-state index contributed by atoms with van der Waals surface area (Å²) in [7, 11) is 0. The maximum atomic E-state index is 12.6. The largest absolute Gasteiger partial charge is 0.366 e. The molecular formula is C15H19N5O3. The van der Waals surface area contributed by atoms with Crippen LogP contribution in [0.1, 0.15) is 59.7 Å². The molecule has 0 radical (unpaired) electrons. The van der Waals surface area contributed by atoms with Crippen LogP contribution >= 0.6 is 0 Å². The second kappa shape index (κ2) is 5.77. The Bertz CT molecular complexity index is 706. The smallest absolute Gasteiger partial charge is 0.276 e. The van der Waals surface area contributed by atoms with Crippen LogP contribution in [0.2, 0.25) is 0 Å². The molecule has 1 aliphatic carbocycles. The van der Waals surface area contributed by atoms with Crippen LogP contribution < -0.4 is 0 Å². The van der Waals surface area contributed by atoms with Gasteiger partial charge in [0.15, 0.2) is 11.5 Å². The zero-order chi connectivity index (χ0) is 15.8. The van der Waals surface area contributed by atoms with E-state index in [9.17, 15) is 4.79 Å². The highest BCUT2D eigenvalue weighted by atomic mass is 16.5. The Hall–Kier alpha value is -2.22. The number of hydrogen-bond donors (Lipinski definition) is 1. The van der Waals surface area contributed by atoms with E-state index in [0.717, 1.165) is 30.8 Å². The van der Waals surface area contributed by atoms with E-state index in [0.29, 0.717) is 37.1 Å². The lowest BCUT2D eigenvalue weighted by molar-refractivity contribution is -0.0269. The molecule has 3 heterocycles. The number of nitrogens with zero attached hydrogens (tertiary/aromatic N) is 4. The molecule has 2 aliphatic rings. The highest BCUT2D eigenvalue weighted by Gasteiger charge is 2.32. The molecule has 1 atom stereocenters. The van der Waals surface area contributed by atoms with Crippen LogP contribution in [0.5, 0.6) is 0 Å². The molecular weight excluding hydrogens is 298 g/mol. The number of aromatic amines is 1. The number of aryl methyl sites for hydroxylation is 1. The van der Waals surface area contributed by atoms with Gasteiger partial charge in [-0.2, -0.15) is 5.10 Å². The molecule has 1 N–H and O–H groups in total. The van der Waals surface area contributed by atoms with Gasteiger partial charge in [-0.25, -0.2) is 4.98 Å². The summed E-state index contributed by atoms with van der Waals surface area (Å²) in [5, 5.41) is 11.0. The molecule has 0 bridgehead atoms. The number of carbonyl (C=O) groups is 1. The van der Waals surface area contributed by atoms with Crippen molar-refractivity contribution in [2.24, 2.45) is 0 Å². The number of ether oxygens (including phenoxy) is 1. The second-order valence-corrected chi connectivity index (χ2v) is 5.99. The van der Waals surface area contributed by atoms with Gasteiger partial charge in [-0.3, -0.25) is 9.89 Å². The Morgan fingerprint density at radius 1 is 1.48 bits per heavy atom. The average Bonchev–Trinajstić information content (AvgIpc) is 3.14. The van der Waals surface area contributed by atoms with Crippen LogP contribution in [0, 0.1) is 0 Å². The summed E-state index contributed by atoms with van der Waals surface area (Å²) in [6, 6.07) is 1.77. The van der Waals surface area contributed by atoms with Gasteiger partial charge in [-0.05, 0) is 12.8 Å². The van der Waals surface area contributed by atoms with E-state index in [-0.39, 0.29) is 12.0 Å². The lowest BCUT2D eigenvalue weighted by atomic mass is 10.2. The molecule has 1 amide bonds. The summed E-state index contributed by atoms with van der Waals surface area (Å²) in [4.78, 5) is 18.7. The van der Waals surface area contributed by atoms with Crippen LogP contribution in [-0.2, 0) is 11.2 Å². The molecule has 8 heteroatoms. The van der Waals surface area contributed by atoms with Gasteiger partial charge in [-0.1, -0.05) is 12.1 Å². The molecule has 4 rings (SSSR count). The molecule has 122 valence electrons. The lowest BCUT2D eigenvalue weighted by Crippen LogP contribution is -2.42. The van der Waals surface area contributed by atoms with Crippen molar-refractivity contribution >= 4 is 5.91 Å². The van der Waals surface area contributed by atoms with Gasteiger partial charge in [0.05, 0.1) is 13.2 Å². The Labute approximate surface area is 133 Å². The van der Waals surface area contributed by atoms with Crippen molar-refractivity contribution in [1.82, 2.24) is 25.2 Å². The number of nitrogens with one attached hydrogen (secondary N) is 1. The molecule has 1 saturated heterocycles. The van der Waals surface area contributed by atoms with Gasteiger partial charge in [0.25, 0.3) is 5.91 Å². The summed E-state index contributed by atoms with van der Waals surface area (Å²) in [5.41, 5.74) is 0.372. The van der Waals surface area contributed by atoms with Crippen LogP contribution in [0.3, 0.4) is 0 Å². The number of H-pyrrole nitrogens is 1. The fourth-order valence-corrected chi connectivity index (χ4v) is 2.71. The summed E-state index contributed by atoms with van der Waals surface area (Å²) >= 11 is 0. The third-order valence-corrected chi connectivity index (χ3v) is 4.25. The van der Waals surface area contributed by atoms with Crippen molar-refractivity contribution < 1.29 is 14.1 Å². The van der Waals surface area contributed by atoms with Gasteiger partial charge in [0.2, 0.25) is 0 Å². The van der Waals surface area contributed by atoms with Crippen LogP contribution in [-0.4, -0.2) is 50.8 Å². The molecule has 1 aliphatic heterocycles. The Morgan fingerprint density at radius 3 is 3.09 bits per heavy atom. The molecule has 23 heavy (non-hydrogen) atoms.